The number of amides is 1. The summed E-state index contributed by atoms with van der Waals surface area (Å²) in [5.41, 5.74) is 3.68. The Balaban J connectivity index is 2.51. The van der Waals surface area contributed by atoms with Crippen LogP contribution in [0.15, 0.2) is 0 Å². The van der Waals surface area contributed by atoms with E-state index < -0.39 is 22.0 Å². The number of hydrogen-bond donors (Lipinski definition) is 2. The Morgan fingerprint density at radius 1 is 1.57 bits per heavy atom. The van der Waals surface area contributed by atoms with E-state index in [0.29, 0.717) is 0 Å². The molecule has 0 bridgehead atoms. The Kier molecular flexibility index (Phi) is 3.33. The molecule has 82 valence electrons. The monoisotopic (exact) mass is 223 g/mol. The number of quaternary nitrogens is 1. The molecule has 7 heteroatoms. The van der Waals surface area contributed by atoms with Gasteiger partial charge in [0.05, 0.1) is 18.4 Å². The highest BCUT2D eigenvalue weighted by Crippen LogP contribution is 2.09. The van der Waals surface area contributed by atoms with Crippen molar-refractivity contribution in [1.29, 1.82) is 0 Å². The van der Waals surface area contributed by atoms with Gasteiger partial charge in [0, 0.05) is 0 Å². The third-order valence-corrected chi connectivity index (χ3v) is 3.85. The lowest BCUT2D eigenvalue weighted by Gasteiger charge is -2.12. The van der Waals surface area contributed by atoms with Crippen LogP contribution in [0.5, 0.6) is 0 Å². The highest BCUT2D eigenvalue weighted by molar-refractivity contribution is 7.91. The van der Waals surface area contributed by atoms with E-state index in [-0.39, 0.29) is 24.2 Å². The molecule has 0 saturated carbocycles. The predicted octanol–water partition coefficient (Wildman–Crippen LogP) is -1.86. The van der Waals surface area contributed by atoms with Gasteiger partial charge in [-0.05, 0) is 6.92 Å². The molecular formula is C7H15N2O4S+. The number of carbonyl (C=O) groups is 1. The van der Waals surface area contributed by atoms with Crippen molar-refractivity contribution in [2.45, 2.75) is 19.0 Å². The SMILES string of the molecule is CCOC(=O)N[C@H]1CS(=O)(=O)C[C@H]1[NH3+]. The van der Waals surface area contributed by atoms with Crippen molar-refractivity contribution >= 4 is 15.9 Å². The van der Waals surface area contributed by atoms with Gasteiger partial charge in [-0.25, -0.2) is 13.2 Å². The van der Waals surface area contributed by atoms with Gasteiger partial charge < -0.3 is 15.8 Å². The maximum atomic E-state index is 11.2. The molecule has 6 nitrogen and oxygen atoms in total. The number of alkyl carbamates (subject to hydrolysis) is 1. The fraction of sp³-hybridized carbons (Fsp3) is 0.857. The summed E-state index contributed by atoms with van der Waals surface area (Å²) in [5.74, 6) is -0.00987. The van der Waals surface area contributed by atoms with Crippen LogP contribution in [0, 0.1) is 0 Å². The maximum Gasteiger partial charge on any atom is 0.407 e. The molecule has 1 saturated heterocycles. The van der Waals surface area contributed by atoms with Gasteiger partial charge in [-0.15, -0.1) is 0 Å². The minimum absolute atomic E-state index is 0.0318. The van der Waals surface area contributed by atoms with E-state index in [0.717, 1.165) is 0 Å². The lowest BCUT2D eigenvalue weighted by Crippen LogP contribution is -2.69. The first-order valence-electron chi connectivity index (χ1n) is 4.41. The minimum atomic E-state index is -3.04. The molecule has 0 unspecified atom stereocenters. The largest absolute Gasteiger partial charge is 0.450 e. The van der Waals surface area contributed by atoms with Crippen molar-refractivity contribution in [2.75, 3.05) is 18.1 Å². The normalized spacial score (nSPS) is 29.9. The fourth-order valence-corrected chi connectivity index (χ4v) is 3.33. The van der Waals surface area contributed by atoms with Crippen molar-refractivity contribution in [3.8, 4) is 0 Å². The molecule has 1 heterocycles. The standard InChI is InChI=1S/C7H14N2O4S/c1-2-13-7(10)9-6-4-14(11,12)3-5(6)8/h5-6H,2-4,8H2,1H3,(H,9,10)/p+1/t5-,6+/m1/s1. The lowest BCUT2D eigenvalue weighted by molar-refractivity contribution is -0.415. The summed E-state index contributed by atoms with van der Waals surface area (Å²) in [6, 6.07) is -0.705. The van der Waals surface area contributed by atoms with Crippen LogP contribution in [0.3, 0.4) is 0 Å². The molecule has 0 aromatic heterocycles. The average molecular weight is 223 g/mol. The highest BCUT2D eigenvalue weighted by atomic mass is 32.2. The first-order valence-corrected chi connectivity index (χ1v) is 6.23. The van der Waals surface area contributed by atoms with Gasteiger partial charge >= 0.3 is 6.09 Å². The molecule has 0 aliphatic carbocycles. The zero-order chi connectivity index (χ0) is 10.8. The van der Waals surface area contributed by atoms with E-state index >= 15 is 0 Å². The molecule has 1 rings (SSSR count). The van der Waals surface area contributed by atoms with E-state index in [4.69, 9.17) is 0 Å². The van der Waals surface area contributed by atoms with Gasteiger partial charge in [-0.1, -0.05) is 0 Å². The first kappa shape index (κ1) is 11.3. The summed E-state index contributed by atoms with van der Waals surface area (Å²) in [6.07, 6.45) is -0.580. The zero-order valence-corrected chi connectivity index (χ0v) is 8.84. The number of ether oxygens (including phenoxy) is 1. The highest BCUT2D eigenvalue weighted by Gasteiger charge is 2.39. The van der Waals surface area contributed by atoms with Crippen LogP contribution in [0.25, 0.3) is 0 Å². The van der Waals surface area contributed by atoms with Gasteiger partial charge in [0.25, 0.3) is 0 Å². The number of nitrogens with one attached hydrogen (secondary N) is 1. The van der Waals surface area contributed by atoms with Crippen molar-refractivity contribution in [3.63, 3.8) is 0 Å². The quantitative estimate of drug-likeness (QED) is 0.573. The molecule has 1 aliphatic heterocycles. The van der Waals surface area contributed by atoms with Crippen molar-refractivity contribution < 1.29 is 23.7 Å². The van der Waals surface area contributed by atoms with Gasteiger partial charge in [-0.3, -0.25) is 0 Å². The average Bonchev–Trinajstić information content (AvgIpc) is 2.25. The Morgan fingerprint density at radius 2 is 2.21 bits per heavy atom. The molecule has 0 spiro atoms. The zero-order valence-electron chi connectivity index (χ0n) is 8.02. The van der Waals surface area contributed by atoms with Crippen LogP contribution < -0.4 is 11.1 Å². The van der Waals surface area contributed by atoms with E-state index in [1.807, 2.05) is 0 Å². The van der Waals surface area contributed by atoms with Gasteiger partial charge in [-0.2, -0.15) is 0 Å². The minimum Gasteiger partial charge on any atom is -0.450 e. The van der Waals surface area contributed by atoms with E-state index in [2.05, 4.69) is 15.8 Å². The third kappa shape index (κ3) is 2.85. The number of sulfone groups is 1. The summed E-state index contributed by atoms with van der Waals surface area (Å²) in [6.45, 7) is 1.96. The van der Waals surface area contributed by atoms with Crippen LogP contribution in [-0.2, 0) is 14.6 Å². The molecule has 1 fully saturated rings. The molecule has 14 heavy (non-hydrogen) atoms. The topological polar surface area (TPSA) is 100 Å². The molecule has 1 aliphatic rings. The smallest absolute Gasteiger partial charge is 0.407 e. The molecule has 0 aromatic rings. The van der Waals surface area contributed by atoms with E-state index in [1.165, 1.54) is 0 Å². The predicted molar refractivity (Wildman–Crippen MR) is 49.3 cm³/mol. The van der Waals surface area contributed by atoms with Gasteiger partial charge in [0.15, 0.2) is 9.84 Å². The van der Waals surface area contributed by atoms with Crippen molar-refractivity contribution in [1.82, 2.24) is 5.32 Å². The molecule has 1 amide bonds. The summed E-state index contributed by atoms with van der Waals surface area (Å²) in [5, 5.41) is 2.48. The van der Waals surface area contributed by atoms with Gasteiger partial charge in [0.2, 0.25) is 0 Å². The Morgan fingerprint density at radius 3 is 2.64 bits per heavy atom. The third-order valence-electron chi connectivity index (χ3n) is 2.05. The molecule has 0 aromatic carbocycles. The lowest BCUT2D eigenvalue weighted by atomic mass is 10.2. The number of rotatable bonds is 2. The van der Waals surface area contributed by atoms with Crippen molar-refractivity contribution in [2.24, 2.45) is 0 Å². The fourth-order valence-electron chi connectivity index (χ4n) is 1.40. The number of carbonyl (C=O) groups excluding carboxylic acids is 1. The Bertz CT molecular complexity index is 314. The second kappa shape index (κ2) is 4.14. The molecule has 2 atom stereocenters. The molecular weight excluding hydrogens is 208 g/mol. The molecule has 4 N–H and O–H groups in total. The summed E-state index contributed by atoms with van der Waals surface area (Å²) >= 11 is 0. The number of hydrogen-bond acceptors (Lipinski definition) is 4. The second-order valence-electron chi connectivity index (χ2n) is 3.31. The maximum absolute atomic E-state index is 11.2. The van der Waals surface area contributed by atoms with E-state index in [9.17, 15) is 13.2 Å². The summed E-state index contributed by atoms with van der Waals surface area (Å²) in [7, 11) is -3.04. The Hall–Kier alpha value is -0.820. The Labute approximate surface area is 82.7 Å². The van der Waals surface area contributed by atoms with Gasteiger partial charge in [0.1, 0.15) is 11.8 Å². The van der Waals surface area contributed by atoms with Crippen LogP contribution in [0.4, 0.5) is 4.79 Å². The van der Waals surface area contributed by atoms with Crippen LogP contribution in [0.2, 0.25) is 0 Å². The van der Waals surface area contributed by atoms with Crippen LogP contribution in [0.1, 0.15) is 6.92 Å². The second-order valence-corrected chi connectivity index (χ2v) is 5.46. The van der Waals surface area contributed by atoms with E-state index in [1.54, 1.807) is 6.92 Å². The van der Waals surface area contributed by atoms with Crippen molar-refractivity contribution in [3.05, 3.63) is 0 Å². The first-order chi connectivity index (χ1) is 6.44. The summed E-state index contributed by atoms with van der Waals surface area (Å²) in [4.78, 5) is 11.0. The van der Waals surface area contributed by atoms with Crippen LogP contribution >= 0.6 is 0 Å². The summed E-state index contributed by atoms with van der Waals surface area (Å²) < 4.78 is 27.0. The van der Waals surface area contributed by atoms with Crippen LogP contribution in [-0.4, -0.2) is 44.7 Å². The molecule has 0 radical (unpaired) electrons.